The lowest BCUT2D eigenvalue weighted by molar-refractivity contribution is 0.0946. The highest BCUT2D eigenvalue weighted by Gasteiger charge is 2.10. The molecule has 7 nitrogen and oxygen atoms in total. The molecule has 0 fully saturated rings. The molecule has 2 heterocycles. The highest BCUT2D eigenvalue weighted by molar-refractivity contribution is 9.10. The van der Waals surface area contributed by atoms with Gasteiger partial charge in [0.2, 0.25) is 0 Å². The van der Waals surface area contributed by atoms with Gasteiger partial charge in [-0.2, -0.15) is 5.10 Å². The molecule has 9 heteroatoms. The Morgan fingerprint density at radius 2 is 1.92 bits per heavy atom. The molecule has 134 valence electrons. The quantitative estimate of drug-likeness (QED) is 0.664. The molecular formula is C17H15BrN4O3S. The molecule has 3 rings (SSSR count). The van der Waals surface area contributed by atoms with Gasteiger partial charge in [0.1, 0.15) is 5.69 Å². The Labute approximate surface area is 159 Å². The molecule has 1 N–H and O–H groups in total. The second-order valence-corrected chi connectivity index (χ2v) is 8.51. The van der Waals surface area contributed by atoms with Gasteiger partial charge in [-0.15, -0.1) is 0 Å². The summed E-state index contributed by atoms with van der Waals surface area (Å²) in [5.74, 6) is 0.200. The molecule has 0 atom stereocenters. The number of nitrogens with one attached hydrogen (secondary N) is 1. The minimum Gasteiger partial charge on any atom is -0.347 e. The van der Waals surface area contributed by atoms with Crippen LogP contribution in [0.1, 0.15) is 16.1 Å². The number of pyridine rings is 1. The van der Waals surface area contributed by atoms with Crippen LogP contribution >= 0.6 is 15.9 Å². The average Bonchev–Trinajstić information content (AvgIpc) is 3.06. The minimum atomic E-state index is -3.23. The molecule has 1 aromatic carbocycles. The summed E-state index contributed by atoms with van der Waals surface area (Å²) in [6.45, 7) is 0.266. The molecule has 26 heavy (non-hydrogen) atoms. The number of nitrogens with zero attached hydrogens (tertiary/aromatic N) is 3. The Hall–Kier alpha value is -2.52. The maximum atomic E-state index is 12.3. The van der Waals surface area contributed by atoms with E-state index in [1.165, 1.54) is 12.1 Å². The maximum Gasteiger partial charge on any atom is 0.270 e. The number of aromatic nitrogens is 3. The van der Waals surface area contributed by atoms with Crippen molar-refractivity contribution in [2.45, 2.75) is 11.4 Å². The SMILES string of the molecule is CS(=O)(=O)c1ccc(CNC(=O)c2cccc(-n3cc(Br)cn3)n2)cc1. The summed E-state index contributed by atoms with van der Waals surface area (Å²) in [5, 5.41) is 6.90. The smallest absolute Gasteiger partial charge is 0.270 e. The first-order valence-electron chi connectivity index (χ1n) is 7.58. The van der Waals surface area contributed by atoms with Crippen LogP contribution in [0.15, 0.2) is 64.2 Å². The second-order valence-electron chi connectivity index (χ2n) is 5.58. The van der Waals surface area contributed by atoms with E-state index in [-0.39, 0.29) is 23.0 Å². The number of hydrogen-bond donors (Lipinski definition) is 1. The number of rotatable bonds is 5. The zero-order valence-corrected chi connectivity index (χ0v) is 16.2. The number of sulfone groups is 1. The van der Waals surface area contributed by atoms with Crippen molar-refractivity contribution in [3.05, 3.63) is 70.6 Å². The lowest BCUT2D eigenvalue weighted by atomic mass is 10.2. The third kappa shape index (κ3) is 4.36. The number of halogens is 1. The summed E-state index contributed by atoms with van der Waals surface area (Å²) in [6.07, 6.45) is 4.53. The normalized spacial score (nSPS) is 11.3. The van der Waals surface area contributed by atoms with Crippen molar-refractivity contribution in [1.29, 1.82) is 0 Å². The molecule has 0 saturated carbocycles. The van der Waals surface area contributed by atoms with Gasteiger partial charge in [0.15, 0.2) is 15.7 Å². The molecule has 0 aliphatic heterocycles. The van der Waals surface area contributed by atoms with Gasteiger partial charge in [-0.25, -0.2) is 18.1 Å². The van der Waals surface area contributed by atoms with Crippen LogP contribution < -0.4 is 5.32 Å². The van der Waals surface area contributed by atoms with Gasteiger partial charge < -0.3 is 5.32 Å². The topological polar surface area (TPSA) is 94.0 Å². The third-order valence-corrected chi connectivity index (χ3v) is 5.10. The van der Waals surface area contributed by atoms with Gasteiger partial charge in [0.05, 0.1) is 15.6 Å². The molecule has 0 bridgehead atoms. The molecule has 0 saturated heterocycles. The van der Waals surface area contributed by atoms with E-state index >= 15 is 0 Å². The van der Waals surface area contributed by atoms with Crippen LogP contribution in [0.2, 0.25) is 0 Å². The Morgan fingerprint density at radius 1 is 1.19 bits per heavy atom. The Morgan fingerprint density at radius 3 is 2.54 bits per heavy atom. The van der Waals surface area contributed by atoms with Crippen molar-refractivity contribution in [3.63, 3.8) is 0 Å². The first-order chi connectivity index (χ1) is 12.3. The van der Waals surface area contributed by atoms with Crippen molar-refractivity contribution >= 4 is 31.7 Å². The third-order valence-electron chi connectivity index (χ3n) is 3.56. The molecule has 0 aliphatic rings. The minimum absolute atomic E-state index is 0.243. The highest BCUT2D eigenvalue weighted by atomic mass is 79.9. The predicted molar refractivity (Wildman–Crippen MR) is 99.8 cm³/mol. The second kappa shape index (κ2) is 7.38. The molecule has 0 spiro atoms. The summed E-state index contributed by atoms with van der Waals surface area (Å²) in [4.78, 5) is 16.9. The van der Waals surface area contributed by atoms with Gasteiger partial charge >= 0.3 is 0 Å². The lowest BCUT2D eigenvalue weighted by Gasteiger charge is -2.07. The Bertz CT molecular complexity index is 1050. The number of hydrogen-bond acceptors (Lipinski definition) is 5. The zero-order chi connectivity index (χ0) is 18.7. The molecule has 2 aromatic heterocycles. The van der Waals surface area contributed by atoms with Gasteiger partial charge in [0, 0.05) is 19.0 Å². The lowest BCUT2D eigenvalue weighted by Crippen LogP contribution is -2.24. The molecular weight excluding hydrogens is 420 g/mol. The van der Waals surface area contributed by atoms with Gasteiger partial charge in [-0.3, -0.25) is 4.79 Å². The van der Waals surface area contributed by atoms with Crippen LogP contribution in [0.5, 0.6) is 0 Å². The van der Waals surface area contributed by atoms with Crippen molar-refractivity contribution < 1.29 is 13.2 Å². The summed E-state index contributed by atoms with van der Waals surface area (Å²) < 4.78 is 25.3. The maximum absolute atomic E-state index is 12.3. The summed E-state index contributed by atoms with van der Waals surface area (Å²) in [5.41, 5.74) is 1.06. The van der Waals surface area contributed by atoms with Crippen molar-refractivity contribution in [2.24, 2.45) is 0 Å². The fourth-order valence-electron chi connectivity index (χ4n) is 2.23. The van der Waals surface area contributed by atoms with Gasteiger partial charge in [-0.05, 0) is 45.8 Å². The molecule has 0 aliphatic carbocycles. The van der Waals surface area contributed by atoms with E-state index in [0.717, 1.165) is 16.3 Å². The summed E-state index contributed by atoms with van der Waals surface area (Å²) in [6, 6.07) is 11.5. The van der Waals surface area contributed by atoms with E-state index in [4.69, 9.17) is 0 Å². The fourth-order valence-corrected chi connectivity index (χ4v) is 3.15. The van der Waals surface area contributed by atoms with E-state index in [0.29, 0.717) is 5.82 Å². The van der Waals surface area contributed by atoms with Crippen molar-refractivity contribution in [3.8, 4) is 5.82 Å². The zero-order valence-electron chi connectivity index (χ0n) is 13.8. The molecule has 3 aromatic rings. The molecule has 0 radical (unpaired) electrons. The van der Waals surface area contributed by atoms with Gasteiger partial charge in [0.25, 0.3) is 5.91 Å². The van der Waals surface area contributed by atoms with Crippen LogP contribution in [0.4, 0.5) is 0 Å². The predicted octanol–water partition coefficient (Wildman–Crippen LogP) is 2.36. The van der Waals surface area contributed by atoms with Crippen LogP contribution in [0.25, 0.3) is 5.82 Å². The van der Waals surface area contributed by atoms with E-state index in [2.05, 4.69) is 31.3 Å². The monoisotopic (exact) mass is 434 g/mol. The summed E-state index contributed by atoms with van der Waals surface area (Å²) in [7, 11) is -3.23. The van der Waals surface area contributed by atoms with Crippen LogP contribution in [-0.4, -0.2) is 35.3 Å². The van der Waals surface area contributed by atoms with E-state index in [9.17, 15) is 13.2 Å². The Balaban J connectivity index is 1.69. The highest BCUT2D eigenvalue weighted by Crippen LogP contribution is 2.12. The standard InChI is InChI=1S/C17H15BrN4O3S/c1-26(24,25)14-7-5-12(6-8-14)9-19-17(23)15-3-2-4-16(21-15)22-11-13(18)10-20-22/h2-8,10-11H,9H2,1H3,(H,19,23). The Kier molecular flexibility index (Phi) is 5.19. The first-order valence-corrected chi connectivity index (χ1v) is 10.3. The van der Waals surface area contributed by atoms with Crippen molar-refractivity contribution in [2.75, 3.05) is 6.26 Å². The first kappa shape index (κ1) is 18.3. The molecule has 0 unspecified atom stereocenters. The number of amides is 1. The van der Waals surface area contributed by atoms with E-state index in [1.54, 1.807) is 47.4 Å². The van der Waals surface area contributed by atoms with Crippen LogP contribution in [0.3, 0.4) is 0 Å². The van der Waals surface area contributed by atoms with E-state index < -0.39 is 9.84 Å². The number of benzene rings is 1. The number of carbonyl (C=O) groups is 1. The van der Waals surface area contributed by atoms with E-state index in [1.807, 2.05) is 0 Å². The van der Waals surface area contributed by atoms with Crippen LogP contribution in [0, 0.1) is 0 Å². The fraction of sp³-hybridized carbons (Fsp3) is 0.118. The average molecular weight is 435 g/mol. The number of carbonyl (C=O) groups excluding carboxylic acids is 1. The van der Waals surface area contributed by atoms with Gasteiger partial charge in [-0.1, -0.05) is 18.2 Å². The largest absolute Gasteiger partial charge is 0.347 e. The van der Waals surface area contributed by atoms with Crippen molar-refractivity contribution in [1.82, 2.24) is 20.1 Å². The van der Waals surface area contributed by atoms with Crippen LogP contribution in [-0.2, 0) is 16.4 Å². The molecule has 1 amide bonds. The summed E-state index contributed by atoms with van der Waals surface area (Å²) >= 11 is 3.32.